The Bertz CT molecular complexity index is 203. The van der Waals surface area contributed by atoms with Gasteiger partial charge in [0, 0.05) is 0 Å². The quantitative estimate of drug-likeness (QED) is 0.453. The molecule has 2 heteroatoms. The van der Waals surface area contributed by atoms with E-state index in [0.717, 1.165) is 18.1 Å². The summed E-state index contributed by atoms with van der Waals surface area (Å²) in [4.78, 5) is 0. The number of hydrogen-bond donors (Lipinski definition) is 1. The van der Waals surface area contributed by atoms with Crippen LogP contribution in [0.25, 0.3) is 0 Å². The van der Waals surface area contributed by atoms with Crippen molar-refractivity contribution in [2.24, 2.45) is 22.4 Å². The first kappa shape index (κ1) is 10.6. The minimum atomic E-state index is 0.398. The first-order valence-corrected chi connectivity index (χ1v) is 5.16. The second-order valence-corrected chi connectivity index (χ2v) is 5.33. The van der Waals surface area contributed by atoms with Gasteiger partial charge in [-0.3, -0.25) is 0 Å². The zero-order valence-corrected chi connectivity index (χ0v) is 9.17. The molecule has 0 aromatic rings. The molecule has 0 aliphatic heterocycles. The average molecular weight is 183 g/mol. The van der Waals surface area contributed by atoms with E-state index in [4.69, 9.17) is 5.21 Å². The number of hydrogen-bond acceptors (Lipinski definition) is 2. The molecule has 0 amide bonds. The van der Waals surface area contributed by atoms with Crippen LogP contribution in [0.15, 0.2) is 5.16 Å². The van der Waals surface area contributed by atoms with Crippen LogP contribution in [0.2, 0.25) is 0 Å². The molecule has 1 N–H and O–H groups in total. The number of nitrogens with zero attached hydrogens (tertiary/aromatic N) is 1. The lowest BCUT2D eigenvalue weighted by Crippen LogP contribution is -2.30. The lowest BCUT2D eigenvalue weighted by Gasteiger charge is -2.36. The third-order valence-corrected chi connectivity index (χ3v) is 3.31. The fraction of sp³-hybridized carbons (Fsp3) is 0.909. The van der Waals surface area contributed by atoms with E-state index in [9.17, 15) is 0 Å². The molecule has 1 fully saturated rings. The molecule has 13 heavy (non-hydrogen) atoms. The molecule has 0 heterocycles. The fourth-order valence-corrected chi connectivity index (χ4v) is 2.18. The van der Waals surface area contributed by atoms with Gasteiger partial charge < -0.3 is 5.21 Å². The number of rotatable bonds is 0. The van der Waals surface area contributed by atoms with Gasteiger partial charge in [-0.15, -0.1) is 0 Å². The molecular formula is C11H21NO. The predicted molar refractivity (Wildman–Crippen MR) is 55.2 cm³/mol. The molecule has 2 nitrogen and oxygen atoms in total. The molecule has 1 aliphatic rings. The van der Waals surface area contributed by atoms with Gasteiger partial charge in [-0.2, -0.15) is 0 Å². The van der Waals surface area contributed by atoms with Gasteiger partial charge in [-0.25, -0.2) is 0 Å². The van der Waals surface area contributed by atoms with Crippen molar-refractivity contribution in [3.63, 3.8) is 0 Å². The Morgan fingerprint density at radius 3 is 2.38 bits per heavy atom. The number of oxime groups is 1. The zero-order chi connectivity index (χ0) is 10.1. The van der Waals surface area contributed by atoms with Crippen molar-refractivity contribution in [1.29, 1.82) is 0 Å². The Balaban J connectivity index is 2.61. The maximum atomic E-state index is 8.74. The molecule has 0 aromatic heterocycles. The Morgan fingerprint density at radius 1 is 1.38 bits per heavy atom. The van der Waals surface area contributed by atoms with Crippen LogP contribution in [-0.4, -0.2) is 10.9 Å². The smallest absolute Gasteiger partial charge is 0.0599 e. The van der Waals surface area contributed by atoms with E-state index in [1.54, 1.807) is 0 Å². The van der Waals surface area contributed by atoms with Crippen molar-refractivity contribution in [2.75, 3.05) is 0 Å². The van der Waals surface area contributed by atoms with Crippen molar-refractivity contribution in [3.05, 3.63) is 0 Å². The zero-order valence-electron chi connectivity index (χ0n) is 9.17. The van der Waals surface area contributed by atoms with E-state index in [-0.39, 0.29) is 0 Å². The summed E-state index contributed by atoms with van der Waals surface area (Å²) in [5.74, 6) is 1.23. The van der Waals surface area contributed by atoms with Crippen LogP contribution < -0.4 is 0 Å². The van der Waals surface area contributed by atoms with Gasteiger partial charge in [0.25, 0.3) is 0 Å². The van der Waals surface area contributed by atoms with Crippen LogP contribution >= 0.6 is 0 Å². The minimum absolute atomic E-state index is 0.398. The Labute approximate surface area is 81.0 Å². The van der Waals surface area contributed by atoms with E-state index in [1.807, 2.05) is 0 Å². The monoisotopic (exact) mass is 183 g/mol. The SMILES string of the molecule is CC1CC(C(C)(C)C)CC/C1=N/O. The van der Waals surface area contributed by atoms with Gasteiger partial charge in [-0.1, -0.05) is 32.9 Å². The summed E-state index contributed by atoms with van der Waals surface area (Å²) in [5, 5.41) is 12.1. The topological polar surface area (TPSA) is 32.6 Å². The van der Waals surface area contributed by atoms with Crippen LogP contribution in [0.3, 0.4) is 0 Å². The van der Waals surface area contributed by atoms with Crippen LogP contribution in [0.4, 0.5) is 0 Å². The van der Waals surface area contributed by atoms with Crippen molar-refractivity contribution < 1.29 is 5.21 Å². The van der Waals surface area contributed by atoms with Crippen LogP contribution in [-0.2, 0) is 0 Å². The summed E-state index contributed by atoms with van der Waals surface area (Å²) in [6, 6.07) is 0. The van der Waals surface area contributed by atoms with Gasteiger partial charge in [0.05, 0.1) is 5.71 Å². The maximum absolute atomic E-state index is 8.74. The van der Waals surface area contributed by atoms with E-state index in [0.29, 0.717) is 11.3 Å². The average Bonchev–Trinajstić information content (AvgIpc) is 2.02. The molecule has 1 saturated carbocycles. The summed E-state index contributed by atoms with van der Waals surface area (Å²) in [7, 11) is 0. The highest BCUT2D eigenvalue weighted by atomic mass is 16.4. The van der Waals surface area contributed by atoms with Gasteiger partial charge in [0.2, 0.25) is 0 Å². The molecule has 76 valence electrons. The second kappa shape index (κ2) is 3.69. The van der Waals surface area contributed by atoms with Crippen molar-refractivity contribution >= 4 is 5.71 Å². The van der Waals surface area contributed by atoms with Gasteiger partial charge in [0.15, 0.2) is 0 Å². The highest BCUT2D eigenvalue weighted by Gasteiger charge is 2.31. The summed E-state index contributed by atoms with van der Waals surface area (Å²) < 4.78 is 0. The molecule has 0 aromatic carbocycles. The summed E-state index contributed by atoms with van der Waals surface area (Å²) in [5.41, 5.74) is 1.38. The van der Waals surface area contributed by atoms with Crippen molar-refractivity contribution in [2.45, 2.75) is 47.0 Å². The standard InChI is InChI=1S/C11H21NO/c1-8-7-9(11(2,3)4)5-6-10(8)12-13/h8-9,13H,5-7H2,1-4H3/b12-10-. The van der Waals surface area contributed by atoms with Gasteiger partial charge >= 0.3 is 0 Å². The van der Waals surface area contributed by atoms with Gasteiger partial charge in [-0.05, 0) is 36.5 Å². The van der Waals surface area contributed by atoms with Crippen molar-refractivity contribution in [1.82, 2.24) is 0 Å². The summed E-state index contributed by atoms with van der Waals surface area (Å²) in [6.45, 7) is 9.05. The molecule has 0 bridgehead atoms. The lowest BCUT2D eigenvalue weighted by atomic mass is 9.69. The normalized spacial score (nSPS) is 33.7. The van der Waals surface area contributed by atoms with Crippen LogP contribution in [0, 0.1) is 17.3 Å². The first-order valence-electron chi connectivity index (χ1n) is 5.16. The lowest BCUT2D eigenvalue weighted by molar-refractivity contribution is 0.186. The minimum Gasteiger partial charge on any atom is -0.411 e. The largest absolute Gasteiger partial charge is 0.411 e. The first-order chi connectivity index (χ1) is 5.95. The van der Waals surface area contributed by atoms with E-state index in [1.165, 1.54) is 12.8 Å². The van der Waals surface area contributed by atoms with E-state index >= 15 is 0 Å². The Morgan fingerprint density at radius 2 is 2.00 bits per heavy atom. The Hall–Kier alpha value is -0.530. The van der Waals surface area contributed by atoms with E-state index < -0.39 is 0 Å². The molecule has 2 atom stereocenters. The van der Waals surface area contributed by atoms with Crippen molar-refractivity contribution in [3.8, 4) is 0 Å². The van der Waals surface area contributed by atoms with E-state index in [2.05, 4.69) is 32.9 Å². The molecule has 1 aliphatic carbocycles. The van der Waals surface area contributed by atoms with Crippen LogP contribution in [0.5, 0.6) is 0 Å². The summed E-state index contributed by atoms with van der Waals surface area (Å²) >= 11 is 0. The highest BCUT2D eigenvalue weighted by molar-refractivity contribution is 5.86. The maximum Gasteiger partial charge on any atom is 0.0599 e. The second-order valence-electron chi connectivity index (χ2n) is 5.33. The molecule has 0 saturated heterocycles. The highest BCUT2D eigenvalue weighted by Crippen LogP contribution is 2.38. The summed E-state index contributed by atoms with van der Waals surface area (Å²) in [6.07, 6.45) is 3.32. The Kier molecular flexibility index (Phi) is 2.99. The molecule has 0 spiro atoms. The third-order valence-electron chi connectivity index (χ3n) is 3.31. The third kappa shape index (κ3) is 2.45. The molecule has 2 unspecified atom stereocenters. The van der Waals surface area contributed by atoms with Gasteiger partial charge in [0.1, 0.15) is 0 Å². The van der Waals surface area contributed by atoms with Crippen LogP contribution in [0.1, 0.15) is 47.0 Å². The predicted octanol–water partition coefficient (Wildman–Crippen LogP) is 3.30. The molecule has 0 radical (unpaired) electrons. The molecular weight excluding hydrogens is 162 g/mol. The molecule has 1 rings (SSSR count). The fourth-order valence-electron chi connectivity index (χ4n) is 2.18.